The van der Waals surface area contributed by atoms with Crippen LogP contribution in [0.1, 0.15) is 24.8 Å². The SMILES string of the molecule is CSc1cccc(C2(C(=O)O)CCC2)c1. The van der Waals surface area contributed by atoms with Gasteiger partial charge in [0, 0.05) is 4.90 Å². The Kier molecular flexibility index (Phi) is 2.74. The lowest BCUT2D eigenvalue weighted by molar-refractivity contribution is -0.147. The van der Waals surface area contributed by atoms with Gasteiger partial charge in [-0.3, -0.25) is 4.79 Å². The number of hydrogen-bond acceptors (Lipinski definition) is 2. The van der Waals surface area contributed by atoms with Crippen molar-refractivity contribution in [1.82, 2.24) is 0 Å². The summed E-state index contributed by atoms with van der Waals surface area (Å²) in [6, 6.07) is 7.91. The van der Waals surface area contributed by atoms with E-state index >= 15 is 0 Å². The lowest BCUT2D eigenvalue weighted by Crippen LogP contribution is -2.42. The van der Waals surface area contributed by atoms with Crippen molar-refractivity contribution < 1.29 is 9.90 Å². The van der Waals surface area contributed by atoms with E-state index in [0.717, 1.165) is 29.7 Å². The first-order chi connectivity index (χ1) is 7.19. The fourth-order valence-electron chi connectivity index (χ4n) is 2.08. The monoisotopic (exact) mass is 222 g/mol. The third-order valence-corrected chi connectivity index (χ3v) is 3.96. The third kappa shape index (κ3) is 1.65. The highest BCUT2D eigenvalue weighted by Crippen LogP contribution is 2.44. The van der Waals surface area contributed by atoms with Gasteiger partial charge in [-0.15, -0.1) is 11.8 Å². The zero-order chi connectivity index (χ0) is 10.9. The smallest absolute Gasteiger partial charge is 0.314 e. The molecule has 0 aromatic heterocycles. The molecule has 3 heteroatoms. The predicted molar refractivity (Wildman–Crippen MR) is 61.4 cm³/mol. The summed E-state index contributed by atoms with van der Waals surface area (Å²) in [6.45, 7) is 0. The molecule has 0 bridgehead atoms. The van der Waals surface area contributed by atoms with Crippen LogP contribution in [0.15, 0.2) is 29.2 Å². The summed E-state index contributed by atoms with van der Waals surface area (Å²) in [5.74, 6) is -0.674. The van der Waals surface area contributed by atoms with E-state index in [0.29, 0.717) is 0 Å². The second-order valence-electron chi connectivity index (χ2n) is 3.97. The maximum absolute atomic E-state index is 11.3. The summed E-state index contributed by atoms with van der Waals surface area (Å²) in [5.41, 5.74) is 0.374. The van der Waals surface area contributed by atoms with E-state index in [1.807, 2.05) is 30.5 Å². The molecular weight excluding hydrogens is 208 g/mol. The molecule has 1 N–H and O–H groups in total. The van der Waals surface area contributed by atoms with E-state index in [1.165, 1.54) is 0 Å². The van der Waals surface area contributed by atoms with Gasteiger partial charge in [0.25, 0.3) is 0 Å². The highest BCUT2D eigenvalue weighted by atomic mass is 32.2. The average Bonchev–Trinajstić information content (AvgIpc) is 2.16. The van der Waals surface area contributed by atoms with Crippen molar-refractivity contribution in [2.45, 2.75) is 29.6 Å². The van der Waals surface area contributed by atoms with Gasteiger partial charge in [0.2, 0.25) is 0 Å². The minimum atomic E-state index is -0.674. The van der Waals surface area contributed by atoms with Gasteiger partial charge >= 0.3 is 5.97 Å². The van der Waals surface area contributed by atoms with Crippen molar-refractivity contribution >= 4 is 17.7 Å². The van der Waals surface area contributed by atoms with Gasteiger partial charge in [-0.1, -0.05) is 18.6 Å². The first-order valence-electron chi connectivity index (χ1n) is 5.07. The molecule has 1 aromatic rings. The molecule has 0 heterocycles. The van der Waals surface area contributed by atoms with Crippen molar-refractivity contribution in [3.63, 3.8) is 0 Å². The highest BCUT2D eigenvalue weighted by molar-refractivity contribution is 7.98. The minimum absolute atomic E-state index is 0.592. The number of carboxylic acid groups (broad SMARTS) is 1. The second kappa shape index (κ2) is 3.89. The van der Waals surface area contributed by atoms with Crippen LogP contribution in [-0.4, -0.2) is 17.3 Å². The molecule has 0 spiro atoms. The van der Waals surface area contributed by atoms with E-state index in [4.69, 9.17) is 0 Å². The molecule has 15 heavy (non-hydrogen) atoms. The standard InChI is InChI=1S/C12H14O2S/c1-15-10-5-2-4-9(8-10)12(11(13)14)6-3-7-12/h2,4-5,8H,3,6-7H2,1H3,(H,13,14). The van der Waals surface area contributed by atoms with Crippen LogP contribution in [0, 0.1) is 0 Å². The Bertz CT molecular complexity index is 383. The molecule has 1 saturated carbocycles. The van der Waals surface area contributed by atoms with Gasteiger partial charge in [-0.05, 0) is 36.8 Å². The molecule has 1 fully saturated rings. The molecule has 0 radical (unpaired) electrons. The van der Waals surface area contributed by atoms with Gasteiger partial charge in [0.15, 0.2) is 0 Å². The average molecular weight is 222 g/mol. The Hall–Kier alpha value is -0.960. The minimum Gasteiger partial charge on any atom is -0.481 e. The summed E-state index contributed by atoms with van der Waals surface area (Å²) in [7, 11) is 0. The van der Waals surface area contributed by atoms with Gasteiger partial charge in [0.1, 0.15) is 0 Å². The zero-order valence-corrected chi connectivity index (χ0v) is 9.51. The van der Waals surface area contributed by atoms with E-state index in [1.54, 1.807) is 11.8 Å². The van der Waals surface area contributed by atoms with Crippen LogP contribution in [0.5, 0.6) is 0 Å². The van der Waals surface area contributed by atoms with Crippen molar-refractivity contribution in [2.24, 2.45) is 0 Å². The van der Waals surface area contributed by atoms with Gasteiger partial charge in [-0.25, -0.2) is 0 Å². The lowest BCUT2D eigenvalue weighted by Gasteiger charge is -2.38. The number of rotatable bonds is 3. The topological polar surface area (TPSA) is 37.3 Å². The van der Waals surface area contributed by atoms with E-state index < -0.39 is 11.4 Å². The maximum atomic E-state index is 11.3. The van der Waals surface area contributed by atoms with Crippen molar-refractivity contribution in [1.29, 1.82) is 0 Å². The van der Waals surface area contributed by atoms with Gasteiger partial charge in [-0.2, -0.15) is 0 Å². The fourth-order valence-corrected chi connectivity index (χ4v) is 2.54. The van der Waals surface area contributed by atoms with Crippen LogP contribution >= 0.6 is 11.8 Å². The maximum Gasteiger partial charge on any atom is 0.314 e. The van der Waals surface area contributed by atoms with Gasteiger partial charge < -0.3 is 5.11 Å². The number of thioether (sulfide) groups is 1. The summed E-state index contributed by atoms with van der Waals surface area (Å²) < 4.78 is 0. The Morgan fingerprint density at radius 3 is 2.67 bits per heavy atom. The van der Waals surface area contributed by atoms with E-state index in [2.05, 4.69) is 0 Å². The van der Waals surface area contributed by atoms with Crippen LogP contribution in [0.25, 0.3) is 0 Å². The summed E-state index contributed by atoms with van der Waals surface area (Å²) >= 11 is 1.65. The Labute approximate surface area is 93.7 Å². The highest BCUT2D eigenvalue weighted by Gasteiger charge is 2.45. The molecule has 2 nitrogen and oxygen atoms in total. The molecule has 0 aliphatic heterocycles. The number of carbonyl (C=O) groups is 1. The Balaban J connectivity index is 2.38. The zero-order valence-electron chi connectivity index (χ0n) is 8.69. The van der Waals surface area contributed by atoms with Crippen LogP contribution in [0.3, 0.4) is 0 Å². The van der Waals surface area contributed by atoms with Crippen molar-refractivity contribution in [3.05, 3.63) is 29.8 Å². The molecule has 0 saturated heterocycles. The largest absolute Gasteiger partial charge is 0.481 e. The first kappa shape index (κ1) is 10.6. The molecule has 0 unspecified atom stereocenters. The van der Waals surface area contributed by atoms with Crippen molar-refractivity contribution in [2.75, 3.05) is 6.26 Å². The number of aliphatic carboxylic acids is 1. The molecule has 1 aromatic carbocycles. The molecule has 80 valence electrons. The quantitative estimate of drug-likeness (QED) is 0.799. The van der Waals surface area contributed by atoms with Crippen LogP contribution in [0.4, 0.5) is 0 Å². The first-order valence-corrected chi connectivity index (χ1v) is 6.29. The number of benzene rings is 1. The summed E-state index contributed by atoms with van der Waals surface area (Å²) in [4.78, 5) is 12.4. The molecule has 0 atom stereocenters. The third-order valence-electron chi connectivity index (χ3n) is 3.24. The Morgan fingerprint density at radius 2 is 2.20 bits per heavy atom. The van der Waals surface area contributed by atoms with Crippen LogP contribution in [-0.2, 0) is 10.2 Å². The van der Waals surface area contributed by atoms with Crippen molar-refractivity contribution in [3.8, 4) is 0 Å². The summed E-state index contributed by atoms with van der Waals surface area (Å²) in [5, 5.41) is 9.29. The summed E-state index contributed by atoms with van der Waals surface area (Å²) in [6.07, 6.45) is 4.59. The molecule has 0 amide bonds. The predicted octanol–water partition coefficient (Wildman–Crippen LogP) is 2.91. The number of hydrogen-bond donors (Lipinski definition) is 1. The fraction of sp³-hybridized carbons (Fsp3) is 0.417. The van der Waals surface area contributed by atoms with E-state index in [-0.39, 0.29) is 0 Å². The molecule has 1 aliphatic rings. The molecular formula is C12H14O2S. The second-order valence-corrected chi connectivity index (χ2v) is 4.85. The normalized spacial score (nSPS) is 18.2. The lowest BCUT2D eigenvalue weighted by atomic mass is 9.64. The van der Waals surface area contributed by atoms with E-state index in [9.17, 15) is 9.90 Å². The molecule has 2 rings (SSSR count). The van der Waals surface area contributed by atoms with Crippen LogP contribution in [0.2, 0.25) is 0 Å². The van der Waals surface area contributed by atoms with Gasteiger partial charge in [0.05, 0.1) is 5.41 Å². The van der Waals surface area contributed by atoms with Crippen LogP contribution < -0.4 is 0 Å². The Morgan fingerprint density at radius 1 is 1.47 bits per heavy atom. The molecule has 1 aliphatic carbocycles. The number of carboxylic acids is 1.